The highest BCUT2D eigenvalue weighted by Gasteiger charge is 2.15. The maximum absolute atomic E-state index is 13.7. The third-order valence-corrected chi connectivity index (χ3v) is 2.50. The topological polar surface area (TPSA) is 29.5 Å². The molecular weight excluding hydrogens is 238 g/mol. The minimum absolute atomic E-state index is 0.0792. The summed E-state index contributed by atoms with van der Waals surface area (Å²) in [6.45, 7) is 1.49. The van der Waals surface area contributed by atoms with Crippen LogP contribution in [-0.4, -0.2) is 5.11 Å². The molecule has 2 aromatic carbocycles. The zero-order valence-electron chi connectivity index (χ0n) is 9.73. The maximum atomic E-state index is 13.7. The Morgan fingerprint density at radius 3 is 2.33 bits per heavy atom. The van der Waals surface area contributed by atoms with E-state index in [0.29, 0.717) is 0 Å². The molecule has 0 aliphatic carbocycles. The lowest BCUT2D eigenvalue weighted by Gasteiger charge is -2.14. The average Bonchev–Trinajstić information content (AvgIpc) is 2.34. The van der Waals surface area contributed by atoms with E-state index in [1.807, 2.05) is 0 Å². The monoisotopic (exact) mass is 250 g/mol. The molecule has 2 nitrogen and oxygen atoms in total. The molecule has 94 valence electrons. The van der Waals surface area contributed by atoms with E-state index >= 15 is 0 Å². The van der Waals surface area contributed by atoms with Gasteiger partial charge < -0.3 is 9.84 Å². The summed E-state index contributed by atoms with van der Waals surface area (Å²) in [5.74, 6) is -1.46. The highest BCUT2D eigenvalue weighted by Crippen LogP contribution is 2.33. The highest BCUT2D eigenvalue weighted by molar-refractivity contribution is 5.40. The van der Waals surface area contributed by atoms with E-state index in [1.54, 1.807) is 6.07 Å². The molecule has 0 spiro atoms. The predicted octanol–water partition coefficient (Wildman–Crippen LogP) is 3.81. The van der Waals surface area contributed by atoms with Crippen molar-refractivity contribution >= 4 is 0 Å². The van der Waals surface area contributed by atoms with Gasteiger partial charge in [-0.15, -0.1) is 0 Å². The summed E-state index contributed by atoms with van der Waals surface area (Å²) < 4.78 is 32.3. The minimum Gasteiger partial charge on any atom is -0.451 e. The van der Waals surface area contributed by atoms with Crippen LogP contribution in [0.5, 0.6) is 11.5 Å². The van der Waals surface area contributed by atoms with Crippen molar-refractivity contribution in [1.82, 2.24) is 0 Å². The van der Waals surface area contributed by atoms with E-state index in [-0.39, 0.29) is 17.1 Å². The molecule has 0 saturated heterocycles. The molecule has 2 aromatic rings. The molecule has 0 radical (unpaired) electrons. The fourth-order valence-corrected chi connectivity index (χ4v) is 1.60. The van der Waals surface area contributed by atoms with Gasteiger partial charge in [0.05, 0.1) is 6.10 Å². The minimum atomic E-state index is -0.900. The molecule has 18 heavy (non-hydrogen) atoms. The molecule has 0 heterocycles. The van der Waals surface area contributed by atoms with Gasteiger partial charge in [-0.05, 0) is 25.1 Å². The van der Waals surface area contributed by atoms with Crippen molar-refractivity contribution in [3.63, 3.8) is 0 Å². The Labute approximate surface area is 103 Å². The third-order valence-electron chi connectivity index (χ3n) is 2.50. The molecule has 0 fully saturated rings. The van der Waals surface area contributed by atoms with Crippen molar-refractivity contribution < 1.29 is 18.6 Å². The van der Waals surface area contributed by atoms with Crippen molar-refractivity contribution in [2.75, 3.05) is 0 Å². The van der Waals surface area contributed by atoms with Crippen LogP contribution >= 0.6 is 0 Å². The summed E-state index contributed by atoms with van der Waals surface area (Å²) in [5.41, 5.74) is 0.276. The normalized spacial score (nSPS) is 12.2. The van der Waals surface area contributed by atoms with Crippen LogP contribution in [0.25, 0.3) is 0 Å². The van der Waals surface area contributed by atoms with Crippen LogP contribution in [0.1, 0.15) is 18.6 Å². The van der Waals surface area contributed by atoms with Crippen molar-refractivity contribution in [2.24, 2.45) is 0 Å². The number of aliphatic hydroxyl groups is 1. The summed E-state index contributed by atoms with van der Waals surface area (Å²) in [5, 5.41) is 9.54. The van der Waals surface area contributed by atoms with Crippen LogP contribution in [0.15, 0.2) is 42.5 Å². The van der Waals surface area contributed by atoms with Gasteiger partial charge in [-0.1, -0.05) is 24.3 Å². The van der Waals surface area contributed by atoms with Crippen molar-refractivity contribution in [1.29, 1.82) is 0 Å². The van der Waals surface area contributed by atoms with Gasteiger partial charge in [0.1, 0.15) is 0 Å². The van der Waals surface area contributed by atoms with Gasteiger partial charge in [-0.25, -0.2) is 8.78 Å². The van der Waals surface area contributed by atoms with E-state index in [1.165, 1.54) is 43.3 Å². The van der Waals surface area contributed by atoms with Gasteiger partial charge in [0, 0.05) is 5.56 Å². The first-order valence-corrected chi connectivity index (χ1v) is 5.48. The molecule has 0 amide bonds. The largest absolute Gasteiger partial charge is 0.451 e. The molecule has 0 aliphatic rings. The average molecular weight is 250 g/mol. The van der Waals surface area contributed by atoms with Crippen LogP contribution in [0.2, 0.25) is 0 Å². The Bertz CT molecular complexity index is 553. The Kier molecular flexibility index (Phi) is 3.58. The van der Waals surface area contributed by atoms with E-state index in [9.17, 15) is 13.9 Å². The molecule has 1 N–H and O–H groups in total. The second-order valence-corrected chi connectivity index (χ2v) is 3.87. The summed E-state index contributed by atoms with van der Waals surface area (Å²) in [6.07, 6.45) is -0.900. The van der Waals surface area contributed by atoms with Crippen LogP contribution in [0.4, 0.5) is 8.78 Å². The Hall–Kier alpha value is -1.94. The summed E-state index contributed by atoms with van der Waals surface area (Å²) in [4.78, 5) is 0. The summed E-state index contributed by atoms with van der Waals surface area (Å²) >= 11 is 0. The van der Waals surface area contributed by atoms with Gasteiger partial charge in [-0.3, -0.25) is 0 Å². The van der Waals surface area contributed by atoms with Crippen LogP contribution < -0.4 is 4.74 Å². The van der Waals surface area contributed by atoms with E-state index in [4.69, 9.17) is 4.74 Å². The molecule has 0 saturated carbocycles. The number of hydrogen-bond donors (Lipinski definition) is 1. The second-order valence-electron chi connectivity index (χ2n) is 3.87. The number of rotatable bonds is 3. The SMILES string of the molecule is C[C@H](O)c1cccc(F)c1Oc1ccccc1F. The van der Waals surface area contributed by atoms with Gasteiger partial charge in [-0.2, -0.15) is 0 Å². The van der Waals surface area contributed by atoms with E-state index < -0.39 is 17.7 Å². The zero-order valence-corrected chi connectivity index (χ0v) is 9.73. The molecule has 0 aromatic heterocycles. The van der Waals surface area contributed by atoms with Gasteiger partial charge in [0.2, 0.25) is 0 Å². The lowest BCUT2D eigenvalue weighted by atomic mass is 10.1. The molecule has 0 unspecified atom stereocenters. The predicted molar refractivity (Wildman–Crippen MR) is 63.5 cm³/mol. The van der Waals surface area contributed by atoms with Crippen LogP contribution in [-0.2, 0) is 0 Å². The van der Waals surface area contributed by atoms with Crippen molar-refractivity contribution in [2.45, 2.75) is 13.0 Å². The fraction of sp³-hybridized carbons (Fsp3) is 0.143. The smallest absolute Gasteiger partial charge is 0.168 e. The quantitative estimate of drug-likeness (QED) is 0.897. The lowest BCUT2D eigenvalue weighted by molar-refractivity contribution is 0.194. The van der Waals surface area contributed by atoms with Gasteiger partial charge >= 0.3 is 0 Å². The highest BCUT2D eigenvalue weighted by atomic mass is 19.1. The Morgan fingerprint density at radius 2 is 1.67 bits per heavy atom. The van der Waals surface area contributed by atoms with E-state index in [2.05, 4.69) is 0 Å². The first-order chi connectivity index (χ1) is 8.59. The maximum Gasteiger partial charge on any atom is 0.168 e. The molecule has 0 bridgehead atoms. The summed E-state index contributed by atoms with van der Waals surface area (Å²) in [6, 6.07) is 9.91. The van der Waals surface area contributed by atoms with Gasteiger partial charge in [0.25, 0.3) is 0 Å². The standard InChI is InChI=1S/C14H12F2O2/c1-9(17)10-5-4-7-12(16)14(10)18-13-8-3-2-6-11(13)15/h2-9,17H,1H3/t9-/m0/s1. The number of halogens is 2. The molecule has 4 heteroatoms. The number of para-hydroxylation sites is 2. The Morgan fingerprint density at radius 1 is 1.00 bits per heavy atom. The zero-order chi connectivity index (χ0) is 13.1. The van der Waals surface area contributed by atoms with E-state index in [0.717, 1.165) is 0 Å². The molecule has 0 aliphatic heterocycles. The lowest BCUT2D eigenvalue weighted by Crippen LogP contribution is -1.99. The van der Waals surface area contributed by atoms with Crippen LogP contribution in [0, 0.1) is 11.6 Å². The van der Waals surface area contributed by atoms with Crippen LogP contribution in [0.3, 0.4) is 0 Å². The van der Waals surface area contributed by atoms with Crippen molar-refractivity contribution in [3.8, 4) is 11.5 Å². The fourth-order valence-electron chi connectivity index (χ4n) is 1.60. The number of benzene rings is 2. The third kappa shape index (κ3) is 2.49. The Balaban J connectivity index is 2.43. The first-order valence-electron chi connectivity index (χ1n) is 5.48. The molecule has 2 rings (SSSR count). The number of hydrogen-bond acceptors (Lipinski definition) is 2. The molecular formula is C14H12F2O2. The second kappa shape index (κ2) is 5.14. The van der Waals surface area contributed by atoms with Crippen molar-refractivity contribution in [3.05, 3.63) is 59.7 Å². The molecule has 1 atom stereocenters. The summed E-state index contributed by atoms with van der Waals surface area (Å²) in [7, 11) is 0. The van der Waals surface area contributed by atoms with Gasteiger partial charge in [0.15, 0.2) is 23.1 Å². The number of aliphatic hydroxyl groups excluding tert-OH is 1. The first kappa shape index (κ1) is 12.5. The number of ether oxygens (including phenoxy) is 1.